The molecule has 2 aromatic rings. The van der Waals surface area contributed by atoms with Crippen LogP contribution in [0.1, 0.15) is 11.3 Å². The Balaban J connectivity index is 2.82. The van der Waals surface area contributed by atoms with Crippen molar-refractivity contribution in [2.75, 3.05) is 7.11 Å². The molecular weight excluding hydrogens is 206 g/mol. The summed E-state index contributed by atoms with van der Waals surface area (Å²) in [4.78, 5) is 11.6. The number of aryl methyl sites for hydroxylation is 2. The lowest BCUT2D eigenvalue weighted by Crippen LogP contribution is -2.12. The van der Waals surface area contributed by atoms with E-state index in [2.05, 4.69) is 0 Å². The number of phenols is 1. The molecule has 1 aromatic carbocycles. The van der Waals surface area contributed by atoms with E-state index in [4.69, 9.17) is 4.74 Å². The van der Waals surface area contributed by atoms with E-state index in [-0.39, 0.29) is 5.75 Å². The Hall–Kier alpha value is -1.97. The smallest absolute Gasteiger partial charge is 0.418 e. The Morgan fingerprint density at radius 2 is 2.06 bits per heavy atom. The van der Waals surface area contributed by atoms with Crippen LogP contribution in [0.4, 0.5) is 4.79 Å². The number of nitrogens with zero attached hydrogens (tertiary/aromatic N) is 1. The van der Waals surface area contributed by atoms with Crippen LogP contribution >= 0.6 is 0 Å². The van der Waals surface area contributed by atoms with Crippen molar-refractivity contribution >= 4 is 17.0 Å². The second kappa shape index (κ2) is 3.56. The second-order valence-electron chi connectivity index (χ2n) is 3.73. The van der Waals surface area contributed by atoms with Crippen molar-refractivity contribution in [1.29, 1.82) is 0 Å². The average molecular weight is 219 g/mol. The van der Waals surface area contributed by atoms with Gasteiger partial charge in [-0.25, -0.2) is 9.36 Å². The van der Waals surface area contributed by atoms with Crippen LogP contribution in [-0.2, 0) is 4.74 Å². The van der Waals surface area contributed by atoms with E-state index in [9.17, 15) is 9.90 Å². The van der Waals surface area contributed by atoms with Crippen molar-refractivity contribution in [3.05, 3.63) is 29.5 Å². The van der Waals surface area contributed by atoms with Gasteiger partial charge in [0.2, 0.25) is 0 Å². The van der Waals surface area contributed by atoms with Crippen LogP contribution in [0.3, 0.4) is 0 Å². The topological polar surface area (TPSA) is 51.5 Å². The van der Waals surface area contributed by atoms with Gasteiger partial charge in [0.1, 0.15) is 5.75 Å². The van der Waals surface area contributed by atoms with Gasteiger partial charge in [0.05, 0.1) is 12.6 Å². The van der Waals surface area contributed by atoms with Crippen molar-refractivity contribution in [2.45, 2.75) is 13.8 Å². The third-order valence-electron chi connectivity index (χ3n) is 2.77. The monoisotopic (exact) mass is 219 g/mol. The highest BCUT2D eigenvalue weighted by Gasteiger charge is 2.14. The number of aromatic hydroxyl groups is 1. The molecule has 1 N–H and O–H groups in total. The van der Waals surface area contributed by atoms with Gasteiger partial charge in [-0.1, -0.05) is 0 Å². The van der Waals surface area contributed by atoms with Gasteiger partial charge in [-0.05, 0) is 32.0 Å². The summed E-state index contributed by atoms with van der Waals surface area (Å²) >= 11 is 0. The summed E-state index contributed by atoms with van der Waals surface area (Å²) in [6.45, 7) is 3.64. The highest BCUT2D eigenvalue weighted by atomic mass is 16.5. The van der Waals surface area contributed by atoms with E-state index in [1.54, 1.807) is 12.1 Å². The summed E-state index contributed by atoms with van der Waals surface area (Å²) in [5.74, 6) is 0.231. The first-order valence-corrected chi connectivity index (χ1v) is 4.95. The van der Waals surface area contributed by atoms with Gasteiger partial charge in [0.25, 0.3) is 0 Å². The van der Waals surface area contributed by atoms with Crippen molar-refractivity contribution < 1.29 is 14.6 Å². The largest absolute Gasteiger partial charge is 0.508 e. The molecular formula is C12H13NO3. The van der Waals surface area contributed by atoms with E-state index >= 15 is 0 Å². The summed E-state index contributed by atoms with van der Waals surface area (Å²) in [7, 11) is 1.35. The van der Waals surface area contributed by atoms with Gasteiger partial charge in [-0.2, -0.15) is 0 Å². The molecule has 4 nitrogen and oxygen atoms in total. The molecule has 0 aliphatic rings. The third-order valence-corrected chi connectivity index (χ3v) is 2.77. The molecule has 0 bridgehead atoms. The zero-order chi connectivity index (χ0) is 11.9. The molecule has 1 aromatic heterocycles. The van der Waals surface area contributed by atoms with Crippen molar-refractivity contribution in [3.63, 3.8) is 0 Å². The fourth-order valence-corrected chi connectivity index (χ4v) is 1.88. The Morgan fingerprint density at radius 3 is 2.69 bits per heavy atom. The molecule has 2 rings (SSSR count). The number of carbonyl (C=O) groups is 1. The molecule has 16 heavy (non-hydrogen) atoms. The second-order valence-corrected chi connectivity index (χ2v) is 3.73. The minimum Gasteiger partial charge on any atom is -0.508 e. The first-order valence-electron chi connectivity index (χ1n) is 4.95. The number of benzene rings is 1. The molecule has 0 fully saturated rings. The van der Waals surface area contributed by atoms with Gasteiger partial charge in [0, 0.05) is 16.6 Å². The minimum absolute atomic E-state index is 0.231. The maximum atomic E-state index is 11.6. The number of rotatable bonds is 0. The Labute approximate surface area is 93.1 Å². The van der Waals surface area contributed by atoms with Crippen molar-refractivity contribution in [3.8, 4) is 5.75 Å². The predicted octanol–water partition coefficient (Wildman–Crippen LogP) is 2.58. The van der Waals surface area contributed by atoms with Crippen LogP contribution in [0.15, 0.2) is 18.2 Å². The molecule has 0 spiro atoms. The van der Waals surface area contributed by atoms with Crippen LogP contribution in [0.25, 0.3) is 10.9 Å². The quantitative estimate of drug-likeness (QED) is 0.740. The molecule has 0 unspecified atom stereocenters. The van der Waals surface area contributed by atoms with E-state index < -0.39 is 6.09 Å². The van der Waals surface area contributed by atoms with Gasteiger partial charge in [0.15, 0.2) is 0 Å². The lowest BCUT2D eigenvalue weighted by Gasteiger charge is -2.05. The van der Waals surface area contributed by atoms with Crippen molar-refractivity contribution in [1.82, 2.24) is 4.57 Å². The number of hydrogen-bond acceptors (Lipinski definition) is 3. The highest BCUT2D eigenvalue weighted by Crippen LogP contribution is 2.28. The zero-order valence-electron chi connectivity index (χ0n) is 9.44. The molecule has 0 saturated heterocycles. The maximum Gasteiger partial charge on any atom is 0.418 e. The van der Waals surface area contributed by atoms with E-state index in [0.29, 0.717) is 0 Å². The number of aromatic nitrogens is 1. The van der Waals surface area contributed by atoms with Crippen LogP contribution in [0, 0.1) is 13.8 Å². The zero-order valence-corrected chi connectivity index (χ0v) is 9.44. The molecule has 0 aliphatic heterocycles. The Bertz CT molecular complexity index is 569. The van der Waals surface area contributed by atoms with E-state index in [1.165, 1.54) is 11.7 Å². The Morgan fingerprint density at radius 1 is 1.38 bits per heavy atom. The summed E-state index contributed by atoms with van der Waals surface area (Å²) in [6.07, 6.45) is -0.419. The maximum absolute atomic E-state index is 11.6. The predicted molar refractivity (Wildman–Crippen MR) is 60.9 cm³/mol. The molecule has 0 atom stereocenters. The van der Waals surface area contributed by atoms with Crippen LogP contribution in [0.5, 0.6) is 5.75 Å². The van der Waals surface area contributed by atoms with Crippen LogP contribution < -0.4 is 0 Å². The first kappa shape index (κ1) is 10.5. The molecule has 84 valence electrons. The Kier molecular flexibility index (Phi) is 2.34. The van der Waals surface area contributed by atoms with Crippen molar-refractivity contribution in [2.24, 2.45) is 0 Å². The average Bonchev–Trinajstić information content (AvgIpc) is 2.60. The summed E-state index contributed by atoms with van der Waals surface area (Å²) in [6, 6.07) is 5.15. The number of phenolic OH excluding ortho intramolecular Hbond substituents is 1. The lowest BCUT2D eigenvalue weighted by molar-refractivity contribution is 0.173. The first-order chi connectivity index (χ1) is 7.56. The number of hydrogen-bond donors (Lipinski definition) is 1. The lowest BCUT2D eigenvalue weighted by atomic mass is 10.1. The van der Waals surface area contributed by atoms with E-state index in [0.717, 1.165) is 22.2 Å². The highest BCUT2D eigenvalue weighted by molar-refractivity contribution is 5.93. The number of fused-ring (bicyclic) bond motifs is 1. The summed E-state index contributed by atoms with van der Waals surface area (Å²) in [5.41, 5.74) is 2.30. The molecule has 4 heteroatoms. The van der Waals surface area contributed by atoms with Gasteiger partial charge in [-0.3, -0.25) is 0 Å². The SMILES string of the molecule is COC(=O)n1c(C)cc2c(C)c(O)ccc21. The normalized spacial score (nSPS) is 10.7. The summed E-state index contributed by atoms with van der Waals surface area (Å²) in [5, 5.41) is 10.5. The fraction of sp³-hybridized carbons (Fsp3) is 0.250. The molecule has 0 aliphatic carbocycles. The fourth-order valence-electron chi connectivity index (χ4n) is 1.88. The van der Waals surface area contributed by atoms with Crippen LogP contribution in [-0.4, -0.2) is 22.9 Å². The standard InChI is InChI=1S/C12H13NO3/c1-7-6-9-8(2)11(14)5-4-10(9)13(7)12(15)16-3/h4-6,14H,1-3H3. The van der Waals surface area contributed by atoms with Gasteiger partial charge < -0.3 is 9.84 Å². The molecule has 0 amide bonds. The molecule has 0 radical (unpaired) electrons. The molecule has 0 saturated carbocycles. The number of methoxy groups -OCH3 is 1. The number of ether oxygens (including phenoxy) is 1. The number of carbonyl (C=O) groups excluding carboxylic acids is 1. The third kappa shape index (κ3) is 1.34. The van der Waals surface area contributed by atoms with Gasteiger partial charge in [-0.15, -0.1) is 0 Å². The summed E-state index contributed by atoms with van der Waals surface area (Å²) < 4.78 is 6.20. The van der Waals surface area contributed by atoms with Gasteiger partial charge >= 0.3 is 6.09 Å². The minimum atomic E-state index is -0.419. The van der Waals surface area contributed by atoms with Crippen LogP contribution in [0.2, 0.25) is 0 Å². The van der Waals surface area contributed by atoms with E-state index in [1.807, 2.05) is 19.9 Å². The molecule has 1 heterocycles.